The number of carboxylic acid groups (broad SMARTS) is 1. The van der Waals surface area contributed by atoms with Crippen molar-refractivity contribution in [1.82, 2.24) is 9.97 Å². The lowest BCUT2D eigenvalue weighted by Crippen LogP contribution is -2.19. The van der Waals surface area contributed by atoms with Gasteiger partial charge in [0.25, 0.3) is 0 Å². The Hall–Kier alpha value is -2.38. The topological polar surface area (TPSA) is 96.4 Å². The number of ether oxygens (including phenoxy) is 1. The molecule has 144 valence electrons. The van der Waals surface area contributed by atoms with Crippen LogP contribution in [0.3, 0.4) is 0 Å². The van der Waals surface area contributed by atoms with Crippen LogP contribution in [0.1, 0.15) is 31.2 Å². The van der Waals surface area contributed by atoms with Crippen LogP contribution in [0, 0.1) is 0 Å². The summed E-state index contributed by atoms with van der Waals surface area (Å²) in [5.74, 6) is 0.264. The van der Waals surface area contributed by atoms with E-state index in [4.69, 9.17) is 21.4 Å². The van der Waals surface area contributed by atoms with Crippen LogP contribution in [0.5, 0.6) is 0 Å². The summed E-state index contributed by atoms with van der Waals surface area (Å²) >= 11 is 6.18. The number of halogens is 1. The quantitative estimate of drug-likeness (QED) is 0.598. The zero-order valence-electron chi connectivity index (χ0n) is 14.9. The first-order valence-electron chi connectivity index (χ1n) is 9.06. The van der Waals surface area contributed by atoms with Gasteiger partial charge in [0, 0.05) is 25.3 Å². The van der Waals surface area contributed by atoms with Crippen molar-refractivity contribution in [2.24, 2.45) is 0 Å². The number of aliphatic carboxylic acids is 1. The number of carboxylic acids is 1. The molecule has 0 aliphatic carbocycles. The van der Waals surface area contributed by atoms with Crippen molar-refractivity contribution in [3.8, 4) is 0 Å². The molecule has 0 bridgehead atoms. The Morgan fingerprint density at radius 3 is 2.85 bits per heavy atom. The van der Waals surface area contributed by atoms with Crippen LogP contribution < -0.4 is 10.6 Å². The van der Waals surface area contributed by atoms with Crippen molar-refractivity contribution in [3.63, 3.8) is 0 Å². The van der Waals surface area contributed by atoms with Crippen LogP contribution in [0.15, 0.2) is 30.5 Å². The Bertz CT molecular complexity index is 764. The van der Waals surface area contributed by atoms with Crippen LogP contribution in [-0.2, 0) is 16.0 Å². The molecule has 8 heteroatoms. The molecule has 1 atom stereocenters. The summed E-state index contributed by atoms with van der Waals surface area (Å²) in [5.41, 5.74) is 1.95. The van der Waals surface area contributed by atoms with Gasteiger partial charge in [-0.2, -0.15) is 4.98 Å². The molecule has 1 aromatic carbocycles. The van der Waals surface area contributed by atoms with E-state index >= 15 is 0 Å². The molecule has 1 aromatic heterocycles. The minimum atomic E-state index is -0.767. The monoisotopic (exact) mass is 390 g/mol. The number of nitrogens with one attached hydrogen (secondary N) is 2. The van der Waals surface area contributed by atoms with Crippen LogP contribution in [0.25, 0.3) is 0 Å². The van der Waals surface area contributed by atoms with E-state index in [-0.39, 0.29) is 12.5 Å². The molecule has 0 spiro atoms. The van der Waals surface area contributed by atoms with Gasteiger partial charge >= 0.3 is 5.97 Å². The number of hydrogen-bond acceptors (Lipinski definition) is 6. The summed E-state index contributed by atoms with van der Waals surface area (Å²) in [6.45, 7) is 1.48. The lowest BCUT2D eigenvalue weighted by molar-refractivity contribution is -0.137. The number of anilines is 3. The Kier molecular flexibility index (Phi) is 6.84. The number of aryl methyl sites for hydroxylation is 1. The predicted octanol–water partition coefficient (Wildman–Crippen LogP) is 3.87. The van der Waals surface area contributed by atoms with Crippen molar-refractivity contribution in [2.45, 2.75) is 38.2 Å². The molecule has 2 heterocycles. The van der Waals surface area contributed by atoms with Crippen molar-refractivity contribution in [2.75, 3.05) is 23.8 Å². The molecule has 0 saturated carbocycles. The average molecular weight is 391 g/mol. The first-order valence-corrected chi connectivity index (χ1v) is 9.44. The van der Waals surface area contributed by atoms with E-state index in [1.54, 1.807) is 6.20 Å². The molecule has 7 nitrogen and oxygen atoms in total. The van der Waals surface area contributed by atoms with Gasteiger partial charge in [0.15, 0.2) is 5.82 Å². The molecular formula is C19H23ClN4O3. The Balaban J connectivity index is 1.56. The largest absolute Gasteiger partial charge is 0.481 e. The molecular weight excluding hydrogens is 368 g/mol. The van der Waals surface area contributed by atoms with Crippen molar-refractivity contribution in [1.29, 1.82) is 0 Å². The molecule has 1 aliphatic rings. The highest BCUT2D eigenvalue weighted by atomic mass is 35.5. The predicted molar refractivity (Wildman–Crippen MR) is 105 cm³/mol. The third-order valence-electron chi connectivity index (χ3n) is 4.33. The molecule has 0 amide bonds. The lowest BCUT2D eigenvalue weighted by atomic mass is 10.1. The number of hydrogen-bond donors (Lipinski definition) is 3. The third-order valence-corrected chi connectivity index (χ3v) is 4.61. The Morgan fingerprint density at radius 1 is 1.33 bits per heavy atom. The fourth-order valence-electron chi connectivity index (χ4n) is 2.89. The molecule has 27 heavy (non-hydrogen) atoms. The number of nitrogens with zero attached hydrogens (tertiary/aromatic N) is 2. The zero-order chi connectivity index (χ0) is 19.1. The number of carbonyl (C=O) groups is 1. The minimum Gasteiger partial charge on any atom is -0.481 e. The van der Waals surface area contributed by atoms with Gasteiger partial charge in [-0.1, -0.05) is 23.7 Å². The van der Waals surface area contributed by atoms with Crippen LogP contribution >= 0.6 is 11.6 Å². The van der Waals surface area contributed by atoms with E-state index in [0.29, 0.717) is 29.8 Å². The highest BCUT2D eigenvalue weighted by molar-refractivity contribution is 6.32. The van der Waals surface area contributed by atoms with Crippen molar-refractivity contribution in [3.05, 3.63) is 41.0 Å². The van der Waals surface area contributed by atoms with Gasteiger partial charge < -0.3 is 20.5 Å². The van der Waals surface area contributed by atoms with E-state index in [2.05, 4.69) is 20.6 Å². The highest BCUT2D eigenvalue weighted by Gasteiger charge is 2.16. The van der Waals surface area contributed by atoms with E-state index in [0.717, 1.165) is 37.1 Å². The number of aromatic nitrogens is 2. The molecule has 1 saturated heterocycles. The Labute approximate surface area is 163 Å². The summed E-state index contributed by atoms with van der Waals surface area (Å²) in [6, 6.07) is 7.79. The minimum absolute atomic E-state index is 0.181. The zero-order valence-corrected chi connectivity index (χ0v) is 15.7. The lowest BCUT2D eigenvalue weighted by Gasteiger charge is -2.13. The van der Waals surface area contributed by atoms with Gasteiger partial charge in [-0.3, -0.25) is 4.79 Å². The third kappa shape index (κ3) is 6.08. The van der Waals surface area contributed by atoms with Crippen molar-refractivity contribution < 1.29 is 14.6 Å². The van der Waals surface area contributed by atoms with E-state index in [1.807, 2.05) is 24.3 Å². The van der Waals surface area contributed by atoms with Crippen LogP contribution in [0.4, 0.5) is 17.5 Å². The summed E-state index contributed by atoms with van der Waals surface area (Å²) in [5, 5.41) is 15.5. The standard InChI is InChI=1S/C19H23ClN4O3/c20-16-12-22-19(24-18(16)21-11-15-4-2-10-27-15)23-14-8-6-13(7-9-14)3-1-5-17(25)26/h6-9,12,15H,1-5,10-11H2,(H,25,26)(H2,21,22,23,24)/t15-/m1/s1. The second-order valence-electron chi connectivity index (χ2n) is 6.48. The van der Waals surface area contributed by atoms with E-state index in [1.165, 1.54) is 0 Å². The summed E-state index contributed by atoms with van der Waals surface area (Å²) in [4.78, 5) is 19.2. The molecule has 1 fully saturated rings. The average Bonchev–Trinajstić information content (AvgIpc) is 3.17. The van der Waals surface area contributed by atoms with E-state index < -0.39 is 5.97 Å². The molecule has 2 aromatic rings. The smallest absolute Gasteiger partial charge is 0.303 e. The summed E-state index contributed by atoms with van der Waals surface area (Å²) in [7, 11) is 0. The van der Waals surface area contributed by atoms with Crippen LogP contribution in [-0.4, -0.2) is 40.3 Å². The summed E-state index contributed by atoms with van der Waals surface area (Å²) < 4.78 is 5.60. The molecule has 3 N–H and O–H groups in total. The van der Waals surface area contributed by atoms with Gasteiger partial charge in [0.2, 0.25) is 5.95 Å². The number of rotatable bonds is 9. The fraction of sp³-hybridized carbons (Fsp3) is 0.421. The Morgan fingerprint density at radius 2 is 2.15 bits per heavy atom. The van der Waals surface area contributed by atoms with Gasteiger partial charge in [0.05, 0.1) is 12.3 Å². The molecule has 0 unspecified atom stereocenters. The normalized spacial score (nSPS) is 16.3. The highest BCUT2D eigenvalue weighted by Crippen LogP contribution is 2.23. The van der Waals surface area contributed by atoms with Gasteiger partial charge in [-0.05, 0) is 43.4 Å². The van der Waals surface area contributed by atoms with Gasteiger partial charge in [-0.15, -0.1) is 0 Å². The SMILES string of the molecule is O=C(O)CCCc1ccc(Nc2ncc(Cl)c(NC[C@H]3CCCO3)n2)cc1. The maximum atomic E-state index is 10.6. The summed E-state index contributed by atoms with van der Waals surface area (Å²) in [6.07, 6.45) is 5.43. The second-order valence-corrected chi connectivity index (χ2v) is 6.88. The second kappa shape index (κ2) is 9.53. The van der Waals surface area contributed by atoms with E-state index in [9.17, 15) is 4.79 Å². The molecule has 3 rings (SSSR count). The number of benzene rings is 1. The van der Waals surface area contributed by atoms with Crippen LogP contribution in [0.2, 0.25) is 5.02 Å². The maximum absolute atomic E-state index is 10.6. The maximum Gasteiger partial charge on any atom is 0.303 e. The molecule has 1 aliphatic heterocycles. The first-order chi connectivity index (χ1) is 13.1. The fourth-order valence-corrected chi connectivity index (χ4v) is 3.05. The van der Waals surface area contributed by atoms with Gasteiger partial charge in [-0.25, -0.2) is 4.98 Å². The first kappa shape index (κ1) is 19.4. The molecule has 0 radical (unpaired) electrons. The van der Waals surface area contributed by atoms with Gasteiger partial charge in [0.1, 0.15) is 5.02 Å². The van der Waals surface area contributed by atoms with Crippen molar-refractivity contribution >= 4 is 35.0 Å².